The van der Waals surface area contributed by atoms with Crippen LogP contribution < -0.4 is 16.4 Å². The number of nitrogens with one attached hydrogen (secondary N) is 2. The third kappa shape index (κ3) is 3.91. The number of carbonyl (C=O) groups is 1. The van der Waals surface area contributed by atoms with Crippen LogP contribution in [0.1, 0.15) is 30.0 Å². The number of nitrogens with zero attached hydrogens (tertiary/aromatic N) is 4. The summed E-state index contributed by atoms with van der Waals surface area (Å²) >= 11 is 1.18. The van der Waals surface area contributed by atoms with Gasteiger partial charge in [0.05, 0.1) is 0 Å². The molecule has 21 heavy (non-hydrogen) atoms. The molecule has 0 fully saturated rings. The zero-order valence-corrected chi connectivity index (χ0v) is 13.1. The third-order valence-electron chi connectivity index (χ3n) is 2.65. The number of hydrogen-bond acceptors (Lipinski definition) is 7. The van der Waals surface area contributed by atoms with E-state index in [0.717, 1.165) is 5.82 Å². The van der Waals surface area contributed by atoms with E-state index in [2.05, 4.69) is 25.1 Å². The second-order valence-electron chi connectivity index (χ2n) is 4.91. The highest BCUT2D eigenvalue weighted by atomic mass is 32.1. The molecule has 9 heteroatoms. The summed E-state index contributed by atoms with van der Waals surface area (Å²) < 4.78 is 5.69. The maximum atomic E-state index is 12.1. The Morgan fingerprint density at radius 1 is 1.52 bits per heavy atom. The van der Waals surface area contributed by atoms with Gasteiger partial charge < -0.3 is 16.4 Å². The van der Waals surface area contributed by atoms with E-state index in [0.29, 0.717) is 23.5 Å². The topological polar surface area (TPSA) is 111 Å². The highest BCUT2D eigenvalue weighted by Crippen LogP contribution is 2.26. The molecule has 0 aliphatic heterocycles. The van der Waals surface area contributed by atoms with Crippen molar-refractivity contribution in [2.75, 3.05) is 17.6 Å². The molecule has 0 radical (unpaired) electrons. The van der Waals surface area contributed by atoms with Crippen LogP contribution in [0, 0.1) is 0 Å². The van der Waals surface area contributed by atoms with Crippen LogP contribution in [0.25, 0.3) is 0 Å². The van der Waals surface area contributed by atoms with Gasteiger partial charge in [-0.15, -0.1) is 0 Å². The molecule has 0 aromatic carbocycles. The second-order valence-corrected chi connectivity index (χ2v) is 5.68. The van der Waals surface area contributed by atoms with Crippen molar-refractivity contribution in [1.82, 2.24) is 24.5 Å². The largest absolute Gasteiger partial charge is 0.382 e. The van der Waals surface area contributed by atoms with Crippen LogP contribution in [0.4, 0.5) is 10.8 Å². The molecule has 1 amide bonds. The van der Waals surface area contributed by atoms with Gasteiger partial charge in [-0.3, -0.25) is 9.48 Å². The maximum Gasteiger partial charge on any atom is 0.258 e. The summed E-state index contributed by atoms with van der Waals surface area (Å²) in [6.45, 7) is 4.40. The first-order chi connectivity index (χ1) is 9.97. The van der Waals surface area contributed by atoms with Crippen molar-refractivity contribution in [1.29, 1.82) is 0 Å². The van der Waals surface area contributed by atoms with Gasteiger partial charge in [0.15, 0.2) is 11.6 Å². The summed E-state index contributed by atoms with van der Waals surface area (Å²) in [4.78, 5) is 16.2. The SMILES string of the molecule is CC(C)NC(=O)c1c(N)nsc1NCCc1ncn(C)n1. The Labute approximate surface area is 126 Å². The summed E-state index contributed by atoms with van der Waals surface area (Å²) in [5, 5.41) is 10.9. The van der Waals surface area contributed by atoms with E-state index in [4.69, 9.17) is 5.73 Å². The van der Waals surface area contributed by atoms with Crippen LogP contribution in [-0.4, -0.2) is 37.6 Å². The van der Waals surface area contributed by atoms with Gasteiger partial charge >= 0.3 is 0 Å². The molecule has 0 atom stereocenters. The van der Waals surface area contributed by atoms with E-state index < -0.39 is 0 Å². The van der Waals surface area contributed by atoms with Gasteiger partial charge in [-0.05, 0) is 25.4 Å². The van der Waals surface area contributed by atoms with E-state index >= 15 is 0 Å². The van der Waals surface area contributed by atoms with Gasteiger partial charge in [0.25, 0.3) is 5.91 Å². The van der Waals surface area contributed by atoms with Crippen molar-refractivity contribution < 1.29 is 4.79 Å². The van der Waals surface area contributed by atoms with Gasteiger partial charge in [-0.1, -0.05) is 0 Å². The average Bonchev–Trinajstić information content (AvgIpc) is 2.95. The van der Waals surface area contributed by atoms with Crippen LogP contribution in [-0.2, 0) is 13.5 Å². The van der Waals surface area contributed by atoms with Crippen molar-refractivity contribution in [2.45, 2.75) is 26.3 Å². The number of nitrogen functional groups attached to an aromatic ring is 1. The maximum absolute atomic E-state index is 12.1. The van der Waals surface area contributed by atoms with Crippen molar-refractivity contribution in [3.63, 3.8) is 0 Å². The molecule has 2 rings (SSSR count). The number of aromatic nitrogens is 4. The molecule has 0 saturated heterocycles. The lowest BCUT2D eigenvalue weighted by Gasteiger charge is -2.09. The first-order valence-electron chi connectivity index (χ1n) is 6.61. The fraction of sp³-hybridized carbons (Fsp3) is 0.500. The minimum Gasteiger partial charge on any atom is -0.382 e. The molecule has 8 nitrogen and oxygen atoms in total. The van der Waals surface area contributed by atoms with Crippen molar-refractivity contribution in [3.05, 3.63) is 17.7 Å². The summed E-state index contributed by atoms with van der Waals surface area (Å²) in [5.74, 6) is 0.780. The number of nitrogens with two attached hydrogens (primary N) is 1. The first-order valence-corrected chi connectivity index (χ1v) is 7.39. The molecule has 2 heterocycles. The summed E-state index contributed by atoms with van der Waals surface area (Å²) in [6, 6.07) is 0.0439. The number of carbonyl (C=O) groups excluding carboxylic acids is 1. The molecule has 4 N–H and O–H groups in total. The predicted octanol–water partition coefficient (Wildman–Crippen LogP) is 0.647. The second kappa shape index (κ2) is 6.53. The van der Waals surface area contributed by atoms with Crippen molar-refractivity contribution in [3.8, 4) is 0 Å². The number of aryl methyl sites for hydroxylation is 1. The van der Waals surface area contributed by atoms with Crippen LogP contribution in [0.5, 0.6) is 0 Å². The molecule has 114 valence electrons. The van der Waals surface area contributed by atoms with Crippen molar-refractivity contribution in [2.24, 2.45) is 7.05 Å². The molecule has 0 bridgehead atoms. The monoisotopic (exact) mass is 309 g/mol. The van der Waals surface area contributed by atoms with Crippen LogP contribution in [0.3, 0.4) is 0 Å². The highest BCUT2D eigenvalue weighted by molar-refractivity contribution is 7.11. The molecule has 2 aromatic heterocycles. The van der Waals surface area contributed by atoms with Gasteiger partial charge in [0, 0.05) is 26.1 Å². The van der Waals surface area contributed by atoms with Crippen molar-refractivity contribution >= 4 is 28.3 Å². The summed E-state index contributed by atoms with van der Waals surface area (Å²) in [6.07, 6.45) is 2.31. The predicted molar refractivity (Wildman–Crippen MR) is 82.3 cm³/mol. The highest BCUT2D eigenvalue weighted by Gasteiger charge is 2.19. The first kappa shape index (κ1) is 15.2. The zero-order valence-electron chi connectivity index (χ0n) is 12.3. The molecular weight excluding hydrogens is 290 g/mol. The quantitative estimate of drug-likeness (QED) is 0.722. The van der Waals surface area contributed by atoms with E-state index in [1.165, 1.54) is 11.5 Å². The van der Waals surface area contributed by atoms with Crippen LogP contribution in [0.2, 0.25) is 0 Å². The molecule has 0 unspecified atom stereocenters. The zero-order chi connectivity index (χ0) is 15.4. The Bertz CT molecular complexity index is 619. The molecule has 0 saturated carbocycles. The van der Waals surface area contributed by atoms with Gasteiger partial charge in [0.1, 0.15) is 16.9 Å². The number of hydrogen-bond donors (Lipinski definition) is 3. The Morgan fingerprint density at radius 2 is 2.29 bits per heavy atom. The van der Waals surface area contributed by atoms with Gasteiger partial charge in [-0.25, -0.2) is 4.98 Å². The van der Waals surface area contributed by atoms with E-state index in [9.17, 15) is 4.79 Å². The fourth-order valence-electron chi connectivity index (χ4n) is 1.76. The number of anilines is 2. The molecule has 0 spiro atoms. The van der Waals surface area contributed by atoms with Crippen LogP contribution in [0.15, 0.2) is 6.33 Å². The normalized spacial score (nSPS) is 10.9. The number of rotatable bonds is 6. The van der Waals surface area contributed by atoms with Gasteiger partial charge in [-0.2, -0.15) is 9.47 Å². The van der Waals surface area contributed by atoms with Gasteiger partial charge in [0.2, 0.25) is 0 Å². The molecule has 2 aromatic rings. The molecule has 0 aliphatic carbocycles. The Balaban J connectivity index is 1.98. The smallest absolute Gasteiger partial charge is 0.258 e. The Kier molecular flexibility index (Phi) is 4.73. The van der Waals surface area contributed by atoms with Crippen LogP contribution >= 0.6 is 11.5 Å². The summed E-state index contributed by atoms with van der Waals surface area (Å²) in [7, 11) is 1.82. The summed E-state index contributed by atoms with van der Waals surface area (Å²) in [5.41, 5.74) is 6.18. The standard InChI is InChI=1S/C12H19N7OS/c1-7(2)16-11(20)9-10(13)18-21-12(9)14-5-4-8-15-6-19(3)17-8/h6-7,14H,4-5H2,1-3H3,(H2,13,18)(H,16,20). The lowest BCUT2D eigenvalue weighted by atomic mass is 10.2. The average molecular weight is 309 g/mol. The molecule has 0 aliphatic rings. The fourth-order valence-corrected chi connectivity index (χ4v) is 2.50. The number of amides is 1. The Morgan fingerprint density at radius 3 is 2.90 bits per heavy atom. The van der Waals surface area contributed by atoms with E-state index in [1.54, 1.807) is 11.0 Å². The minimum absolute atomic E-state index is 0.0439. The third-order valence-corrected chi connectivity index (χ3v) is 3.47. The molecular formula is C12H19N7OS. The van der Waals surface area contributed by atoms with E-state index in [-0.39, 0.29) is 17.8 Å². The minimum atomic E-state index is -0.213. The lowest BCUT2D eigenvalue weighted by Crippen LogP contribution is -2.31. The van der Waals surface area contributed by atoms with E-state index in [1.807, 2.05) is 20.9 Å². The Hall–Kier alpha value is -2.16. The lowest BCUT2D eigenvalue weighted by molar-refractivity contribution is 0.0945.